The third-order valence-electron chi connectivity index (χ3n) is 3.35. The number of nitrogens with one attached hydrogen (secondary N) is 2. The van der Waals surface area contributed by atoms with Crippen LogP contribution in [0.3, 0.4) is 0 Å². The number of thiazole rings is 1. The van der Waals surface area contributed by atoms with E-state index < -0.39 is 0 Å². The van der Waals surface area contributed by atoms with Crippen LogP contribution < -0.4 is 15.4 Å². The monoisotopic (exact) mass is 361 g/mol. The number of hydrogen-bond donors (Lipinski definition) is 2. The van der Waals surface area contributed by atoms with Gasteiger partial charge in [-0.25, -0.2) is 15.0 Å². The Morgan fingerprint density at radius 1 is 1.28 bits per heavy atom. The maximum Gasteiger partial charge on any atom is 0.218 e. The van der Waals surface area contributed by atoms with Crippen LogP contribution in [0.15, 0.2) is 29.5 Å². The molecular weight excluding hydrogens is 334 g/mol. The minimum atomic E-state index is 0.526. The molecule has 0 fully saturated rings. The van der Waals surface area contributed by atoms with Crippen molar-refractivity contribution in [3.8, 4) is 5.88 Å². The Labute approximate surface area is 153 Å². The second kappa shape index (κ2) is 10.7. The second-order valence-corrected chi connectivity index (χ2v) is 6.87. The predicted molar refractivity (Wildman–Crippen MR) is 103 cm³/mol. The molecule has 2 N–H and O–H groups in total. The van der Waals surface area contributed by atoms with Crippen LogP contribution in [0.5, 0.6) is 5.88 Å². The van der Waals surface area contributed by atoms with E-state index in [1.807, 2.05) is 18.3 Å². The Balaban J connectivity index is 1.92. The molecule has 2 aromatic heterocycles. The third-order valence-corrected chi connectivity index (χ3v) is 4.32. The van der Waals surface area contributed by atoms with Gasteiger partial charge in [0.2, 0.25) is 5.88 Å². The molecule has 0 atom stereocenters. The van der Waals surface area contributed by atoms with Gasteiger partial charge in [0.15, 0.2) is 5.96 Å². The summed E-state index contributed by atoms with van der Waals surface area (Å²) in [5.41, 5.74) is 0.990. The third kappa shape index (κ3) is 6.70. The van der Waals surface area contributed by atoms with Gasteiger partial charge in [-0.2, -0.15) is 0 Å². The van der Waals surface area contributed by atoms with E-state index in [4.69, 9.17) is 4.74 Å². The molecule has 0 saturated carbocycles. The highest BCUT2D eigenvalue weighted by Crippen LogP contribution is 2.15. The highest BCUT2D eigenvalue weighted by Gasteiger charge is 2.05. The summed E-state index contributed by atoms with van der Waals surface area (Å²) in [4.78, 5) is 14.6. The van der Waals surface area contributed by atoms with E-state index in [1.165, 1.54) is 4.88 Å². The number of rotatable bonds is 9. The lowest BCUT2D eigenvalue weighted by atomic mass is 10.3. The quantitative estimate of drug-likeness (QED) is 0.531. The molecule has 0 amide bonds. The molecular formula is C18H27N5OS. The Kier molecular flexibility index (Phi) is 8.18. The molecule has 0 radical (unpaired) electrons. The summed E-state index contributed by atoms with van der Waals surface area (Å²) in [7, 11) is 0. The van der Waals surface area contributed by atoms with Crippen LogP contribution in [0.25, 0.3) is 0 Å². The largest absolute Gasteiger partial charge is 0.477 e. The Bertz CT molecular complexity index is 671. The lowest BCUT2D eigenvalue weighted by Gasteiger charge is -2.12. The van der Waals surface area contributed by atoms with Crippen LogP contribution in [0.4, 0.5) is 0 Å². The number of nitrogens with zero attached hydrogens (tertiary/aromatic N) is 3. The number of guanidine groups is 1. The van der Waals surface area contributed by atoms with Gasteiger partial charge in [0.05, 0.1) is 18.2 Å². The summed E-state index contributed by atoms with van der Waals surface area (Å²) in [6.07, 6.45) is 5.51. The summed E-state index contributed by atoms with van der Waals surface area (Å²) in [5.74, 6) is 1.46. The van der Waals surface area contributed by atoms with E-state index in [1.54, 1.807) is 17.5 Å². The summed E-state index contributed by atoms with van der Waals surface area (Å²) in [6.45, 7) is 9.02. The fourth-order valence-electron chi connectivity index (χ4n) is 2.18. The molecule has 0 bridgehead atoms. The summed E-state index contributed by atoms with van der Waals surface area (Å²) in [5, 5.41) is 7.77. The highest BCUT2D eigenvalue weighted by molar-refractivity contribution is 7.11. The van der Waals surface area contributed by atoms with E-state index in [0.29, 0.717) is 19.0 Å². The average molecular weight is 362 g/mol. The lowest BCUT2D eigenvalue weighted by molar-refractivity contribution is 0.302. The van der Waals surface area contributed by atoms with Gasteiger partial charge in [-0.05, 0) is 26.3 Å². The molecule has 0 aromatic carbocycles. The maximum atomic E-state index is 5.69. The van der Waals surface area contributed by atoms with Gasteiger partial charge in [0.1, 0.15) is 0 Å². The molecule has 2 rings (SSSR count). The van der Waals surface area contributed by atoms with E-state index in [0.717, 1.165) is 42.5 Å². The van der Waals surface area contributed by atoms with E-state index in [2.05, 4.69) is 46.4 Å². The molecule has 2 heterocycles. The number of aryl methyl sites for hydroxylation is 1. The molecule has 0 aliphatic heterocycles. The van der Waals surface area contributed by atoms with E-state index >= 15 is 0 Å². The number of pyridine rings is 1. The normalized spacial score (nSPS) is 11.4. The van der Waals surface area contributed by atoms with Gasteiger partial charge >= 0.3 is 0 Å². The fraction of sp³-hybridized carbons (Fsp3) is 0.500. The van der Waals surface area contributed by atoms with Crippen molar-refractivity contribution in [3.05, 3.63) is 40.0 Å². The number of aromatic nitrogens is 2. The first-order valence-electron chi connectivity index (χ1n) is 8.73. The smallest absolute Gasteiger partial charge is 0.218 e. The Hall–Kier alpha value is -2.15. The summed E-state index contributed by atoms with van der Waals surface area (Å²) >= 11 is 1.74. The van der Waals surface area contributed by atoms with Crippen LogP contribution in [-0.2, 0) is 13.0 Å². The molecule has 0 aliphatic carbocycles. The zero-order chi connectivity index (χ0) is 17.9. The van der Waals surface area contributed by atoms with Crippen molar-refractivity contribution in [1.82, 2.24) is 20.6 Å². The first kappa shape index (κ1) is 19.2. The maximum absolute atomic E-state index is 5.69. The topological polar surface area (TPSA) is 71.4 Å². The molecule has 136 valence electrons. The molecule has 0 unspecified atom stereocenters. The van der Waals surface area contributed by atoms with Crippen LogP contribution in [-0.4, -0.2) is 35.6 Å². The van der Waals surface area contributed by atoms with Crippen molar-refractivity contribution in [2.45, 2.75) is 40.2 Å². The lowest BCUT2D eigenvalue weighted by Crippen LogP contribution is -2.38. The van der Waals surface area contributed by atoms with E-state index in [-0.39, 0.29) is 0 Å². The second-order valence-electron chi connectivity index (χ2n) is 5.55. The molecule has 6 nitrogen and oxygen atoms in total. The standard InChI is InChI=1S/C18H27N5OS/c1-4-11-24-17-15(7-6-9-20-17)13-23-18(19-5-2)21-10-8-16-22-12-14(3)25-16/h6-7,9,12H,4-5,8,10-11,13H2,1-3H3,(H2,19,21,23). The summed E-state index contributed by atoms with van der Waals surface area (Å²) in [6, 6.07) is 3.91. The van der Waals surface area contributed by atoms with Gasteiger partial charge < -0.3 is 15.4 Å². The van der Waals surface area contributed by atoms with E-state index in [9.17, 15) is 0 Å². The van der Waals surface area contributed by atoms with Gasteiger partial charge in [-0.3, -0.25) is 0 Å². The van der Waals surface area contributed by atoms with Gasteiger partial charge in [-0.15, -0.1) is 11.3 Å². The number of hydrogen-bond acceptors (Lipinski definition) is 5. The number of ether oxygens (including phenoxy) is 1. The van der Waals surface area contributed by atoms with Gasteiger partial charge in [0, 0.05) is 42.3 Å². The van der Waals surface area contributed by atoms with Crippen molar-refractivity contribution < 1.29 is 4.74 Å². The molecule has 0 aliphatic rings. The summed E-state index contributed by atoms with van der Waals surface area (Å²) < 4.78 is 5.69. The minimum absolute atomic E-state index is 0.526. The SMILES string of the molecule is CCCOc1ncccc1CN=C(NCC)NCCc1ncc(C)s1. The average Bonchev–Trinajstić information content (AvgIpc) is 3.03. The first-order valence-corrected chi connectivity index (χ1v) is 9.54. The number of aliphatic imine (C=N–C) groups is 1. The van der Waals surface area contributed by atoms with Crippen molar-refractivity contribution in [2.75, 3.05) is 19.7 Å². The zero-order valence-electron chi connectivity index (χ0n) is 15.2. The first-order chi connectivity index (χ1) is 12.2. The Morgan fingerprint density at radius 3 is 2.88 bits per heavy atom. The van der Waals surface area contributed by atoms with Gasteiger partial charge in [-0.1, -0.05) is 13.0 Å². The van der Waals surface area contributed by atoms with Crippen LogP contribution >= 0.6 is 11.3 Å². The van der Waals surface area contributed by atoms with Crippen LogP contribution in [0.1, 0.15) is 35.7 Å². The molecule has 2 aromatic rings. The molecule has 0 spiro atoms. The van der Waals surface area contributed by atoms with Crippen molar-refractivity contribution >= 4 is 17.3 Å². The van der Waals surface area contributed by atoms with Crippen molar-refractivity contribution in [2.24, 2.45) is 4.99 Å². The van der Waals surface area contributed by atoms with Crippen LogP contribution in [0.2, 0.25) is 0 Å². The van der Waals surface area contributed by atoms with Crippen molar-refractivity contribution in [1.29, 1.82) is 0 Å². The predicted octanol–water partition coefficient (Wildman–Crippen LogP) is 2.93. The Morgan fingerprint density at radius 2 is 2.16 bits per heavy atom. The minimum Gasteiger partial charge on any atom is -0.477 e. The fourth-order valence-corrected chi connectivity index (χ4v) is 2.97. The van der Waals surface area contributed by atoms with Crippen LogP contribution in [0, 0.1) is 6.92 Å². The molecule has 7 heteroatoms. The zero-order valence-corrected chi connectivity index (χ0v) is 16.0. The molecule has 0 saturated heterocycles. The van der Waals surface area contributed by atoms with Crippen molar-refractivity contribution in [3.63, 3.8) is 0 Å². The highest BCUT2D eigenvalue weighted by atomic mass is 32.1. The molecule has 25 heavy (non-hydrogen) atoms. The van der Waals surface area contributed by atoms with Gasteiger partial charge in [0.25, 0.3) is 0 Å².